The van der Waals surface area contributed by atoms with Gasteiger partial charge in [-0.25, -0.2) is 0 Å². The maximum absolute atomic E-state index is 10.2. The third kappa shape index (κ3) is 3.72. The molecule has 8 atom stereocenters. The van der Waals surface area contributed by atoms with E-state index in [2.05, 4.69) is 34.6 Å². The molecule has 1 heteroatoms. The summed E-state index contributed by atoms with van der Waals surface area (Å²) >= 11 is 0. The average Bonchev–Trinajstić information content (AvgIpc) is 2.95. The monoisotopic (exact) mass is 388 g/mol. The molecule has 0 amide bonds. The minimum absolute atomic E-state index is 0.00700. The predicted octanol–water partition coefficient (Wildman–Crippen LogP) is 7.61. The van der Waals surface area contributed by atoms with Gasteiger partial charge >= 0.3 is 0 Å². The van der Waals surface area contributed by atoms with Crippen molar-refractivity contribution >= 4 is 0 Å². The molecule has 4 saturated carbocycles. The minimum Gasteiger partial charge on any atom is -0.393 e. The largest absolute Gasteiger partial charge is 0.393 e. The molecule has 162 valence electrons. The Morgan fingerprint density at radius 1 is 0.821 bits per heavy atom. The van der Waals surface area contributed by atoms with E-state index < -0.39 is 0 Å². The Labute approximate surface area is 175 Å². The normalized spacial score (nSPS) is 48.6. The first-order chi connectivity index (χ1) is 13.1. The summed E-state index contributed by atoms with van der Waals surface area (Å²) in [6, 6.07) is 0. The van der Waals surface area contributed by atoms with E-state index in [1.807, 2.05) is 0 Å². The number of aliphatic hydroxyl groups is 1. The topological polar surface area (TPSA) is 20.2 Å². The lowest BCUT2D eigenvalue weighted by Crippen LogP contribution is -2.53. The Hall–Kier alpha value is -0.0400. The Kier molecular flexibility index (Phi) is 5.74. The molecular formula is C27H48O. The van der Waals surface area contributed by atoms with Crippen molar-refractivity contribution in [3.63, 3.8) is 0 Å². The highest BCUT2D eigenvalue weighted by atomic mass is 16.3. The van der Waals surface area contributed by atoms with E-state index in [1.54, 1.807) is 0 Å². The van der Waals surface area contributed by atoms with E-state index in [9.17, 15) is 5.11 Å². The van der Waals surface area contributed by atoms with Crippen LogP contribution in [0.15, 0.2) is 0 Å². The van der Waals surface area contributed by atoms with Crippen LogP contribution in [0.1, 0.15) is 118 Å². The van der Waals surface area contributed by atoms with Crippen molar-refractivity contribution < 1.29 is 5.11 Å². The van der Waals surface area contributed by atoms with Gasteiger partial charge in [-0.1, -0.05) is 47.5 Å². The molecule has 28 heavy (non-hydrogen) atoms. The van der Waals surface area contributed by atoms with Crippen molar-refractivity contribution in [2.45, 2.75) is 124 Å². The van der Waals surface area contributed by atoms with Crippen molar-refractivity contribution in [2.24, 2.45) is 45.8 Å². The standard InChI is InChI=1S/C27H48O/c1-25(2,3)15-7-6-8-19-10-12-23-22-11-9-20-18-21(28)13-16-27(20,5)24(22)14-17-26(19,23)4/h19-24,28H,6-18H2,1-5H3. The van der Waals surface area contributed by atoms with Gasteiger partial charge in [0, 0.05) is 0 Å². The van der Waals surface area contributed by atoms with E-state index in [4.69, 9.17) is 0 Å². The lowest BCUT2D eigenvalue weighted by atomic mass is 9.44. The lowest BCUT2D eigenvalue weighted by Gasteiger charge is -2.61. The Morgan fingerprint density at radius 3 is 2.29 bits per heavy atom. The van der Waals surface area contributed by atoms with Crippen LogP contribution in [0, 0.1) is 45.8 Å². The second kappa shape index (κ2) is 7.58. The van der Waals surface area contributed by atoms with Crippen LogP contribution < -0.4 is 0 Å². The van der Waals surface area contributed by atoms with Crippen LogP contribution >= 0.6 is 0 Å². The zero-order valence-corrected chi connectivity index (χ0v) is 19.6. The fourth-order valence-electron chi connectivity index (χ4n) is 8.86. The van der Waals surface area contributed by atoms with Crippen LogP contribution in [-0.4, -0.2) is 11.2 Å². The molecule has 0 aliphatic heterocycles. The van der Waals surface area contributed by atoms with Gasteiger partial charge in [0.2, 0.25) is 0 Å². The highest BCUT2D eigenvalue weighted by molar-refractivity contribution is 5.09. The average molecular weight is 389 g/mol. The van der Waals surface area contributed by atoms with Gasteiger partial charge in [-0.15, -0.1) is 0 Å². The van der Waals surface area contributed by atoms with Crippen molar-refractivity contribution in [1.82, 2.24) is 0 Å². The van der Waals surface area contributed by atoms with Crippen molar-refractivity contribution in [3.05, 3.63) is 0 Å². The van der Waals surface area contributed by atoms with E-state index in [1.165, 1.54) is 70.6 Å². The summed E-state index contributed by atoms with van der Waals surface area (Å²) in [5, 5.41) is 10.2. The van der Waals surface area contributed by atoms with Gasteiger partial charge in [0.1, 0.15) is 0 Å². The number of rotatable bonds is 4. The van der Waals surface area contributed by atoms with Gasteiger partial charge in [0.25, 0.3) is 0 Å². The van der Waals surface area contributed by atoms with E-state index in [-0.39, 0.29) is 6.10 Å². The maximum atomic E-state index is 10.2. The summed E-state index contributed by atoms with van der Waals surface area (Å²) < 4.78 is 0. The van der Waals surface area contributed by atoms with Crippen molar-refractivity contribution in [3.8, 4) is 0 Å². The molecule has 4 fully saturated rings. The molecule has 0 radical (unpaired) electrons. The smallest absolute Gasteiger partial charge is 0.0543 e. The quantitative estimate of drug-likeness (QED) is 0.491. The molecule has 0 aromatic rings. The Bertz CT molecular complexity index is 547. The van der Waals surface area contributed by atoms with Crippen molar-refractivity contribution in [2.75, 3.05) is 0 Å². The molecule has 4 aliphatic carbocycles. The third-order valence-electron chi connectivity index (χ3n) is 10.6. The van der Waals surface area contributed by atoms with Crippen LogP contribution in [0.4, 0.5) is 0 Å². The second-order valence-corrected chi connectivity index (χ2v) is 13.2. The molecule has 8 unspecified atom stereocenters. The van der Waals surface area contributed by atoms with Gasteiger partial charge in [0.15, 0.2) is 0 Å². The molecule has 1 nitrogen and oxygen atoms in total. The zero-order chi connectivity index (χ0) is 20.2. The fourth-order valence-corrected chi connectivity index (χ4v) is 8.86. The molecular weight excluding hydrogens is 340 g/mol. The summed E-state index contributed by atoms with van der Waals surface area (Å²) in [5.74, 6) is 4.75. The molecule has 0 aromatic carbocycles. The van der Waals surface area contributed by atoms with E-state index in [0.717, 1.165) is 42.4 Å². The second-order valence-electron chi connectivity index (χ2n) is 13.2. The number of hydrogen-bond donors (Lipinski definition) is 1. The Morgan fingerprint density at radius 2 is 1.54 bits per heavy atom. The van der Waals surface area contributed by atoms with E-state index in [0.29, 0.717) is 16.2 Å². The number of unbranched alkanes of at least 4 members (excludes halogenated alkanes) is 1. The number of aliphatic hydroxyl groups excluding tert-OH is 1. The van der Waals surface area contributed by atoms with Gasteiger partial charge < -0.3 is 5.11 Å². The number of hydrogen-bond acceptors (Lipinski definition) is 1. The van der Waals surface area contributed by atoms with Crippen LogP contribution in [0.5, 0.6) is 0 Å². The lowest BCUT2D eigenvalue weighted by molar-refractivity contribution is -0.127. The minimum atomic E-state index is -0.00700. The summed E-state index contributed by atoms with van der Waals surface area (Å²) in [6.07, 6.45) is 18.1. The van der Waals surface area contributed by atoms with E-state index >= 15 is 0 Å². The molecule has 4 aliphatic rings. The summed E-state index contributed by atoms with van der Waals surface area (Å²) in [6.45, 7) is 12.5. The maximum Gasteiger partial charge on any atom is 0.0543 e. The SMILES string of the molecule is CC(C)(C)CCCCC1CCC2C3CCC4CC(O)CCC4(C)C3CCC12C. The van der Waals surface area contributed by atoms with Crippen LogP contribution in [0.3, 0.4) is 0 Å². The molecule has 0 bridgehead atoms. The molecule has 1 N–H and O–H groups in total. The summed E-state index contributed by atoms with van der Waals surface area (Å²) in [4.78, 5) is 0. The Balaban J connectivity index is 1.41. The molecule has 0 saturated heterocycles. The van der Waals surface area contributed by atoms with Crippen LogP contribution in [-0.2, 0) is 0 Å². The predicted molar refractivity (Wildman–Crippen MR) is 119 cm³/mol. The van der Waals surface area contributed by atoms with Crippen molar-refractivity contribution in [1.29, 1.82) is 0 Å². The highest BCUT2D eigenvalue weighted by Crippen LogP contribution is 2.67. The fraction of sp³-hybridized carbons (Fsp3) is 1.00. The van der Waals surface area contributed by atoms with Gasteiger partial charge in [-0.05, 0) is 116 Å². The van der Waals surface area contributed by atoms with Crippen LogP contribution in [0.2, 0.25) is 0 Å². The summed E-state index contributed by atoms with van der Waals surface area (Å²) in [7, 11) is 0. The molecule has 0 spiro atoms. The highest BCUT2D eigenvalue weighted by Gasteiger charge is 2.59. The third-order valence-corrected chi connectivity index (χ3v) is 10.6. The van der Waals surface area contributed by atoms with Gasteiger partial charge in [0.05, 0.1) is 6.10 Å². The molecule has 0 heterocycles. The molecule has 0 aromatic heterocycles. The van der Waals surface area contributed by atoms with Gasteiger partial charge in [-0.3, -0.25) is 0 Å². The number of fused-ring (bicyclic) bond motifs is 5. The van der Waals surface area contributed by atoms with Gasteiger partial charge in [-0.2, -0.15) is 0 Å². The first-order valence-electron chi connectivity index (χ1n) is 12.8. The zero-order valence-electron chi connectivity index (χ0n) is 19.6. The summed E-state index contributed by atoms with van der Waals surface area (Å²) in [5.41, 5.74) is 1.68. The first-order valence-corrected chi connectivity index (χ1v) is 12.8. The first kappa shape index (κ1) is 21.2. The van der Waals surface area contributed by atoms with Crippen LogP contribution in [0.25, 0.3) is 0 Å². The molecule has 4 rings (SSSR count).